The third kappa shape index (κ3) is 2.48. The van der Waals surface area contributed by atoms with Crippen LogP contribution in [0.3, 0.4) is 0 Å². The van der Waals surface area contributed by atoms with Crippen molar-refractivity contribution >= 4 is 5.97 Å². The number of hydrogen-bond acceptors (Lipinski definition) is 5. The Morgan fingerprint density at radius 3 is 2.57 bits per heavy atom. The Balaban J connectivity index is 1.50. The maximum Gasteiger partial charge on any atom is 0.320 e. The molecule has 0 bridgehead atoms. The second-order valence-electron chi connectivity index (χ2n) is 7.26. The molecular formula is C15H26N4O2. The normalized spacial score (nSPS) is 49.6. The van der Waals surface area contributed by atoms with E-state index < -0.39 is 5.97 Å². The second-order valence-corrected chi connectivity index (χ2v) is 7.26. The van der Waals surface area contributed by atoms with Crippen molar-refractivity contribution in [2.24, 2.45) is 17.8 Å². The van der Waals surface area contributed by atoms with Crippen molar-refractivity contribution in [3.63, 3.8) is 0 Å². The number of carbonyl (C=O) groups is 1. The Morgan fingerprint density at radius 2 is 1.71 bits per heavy atom. The fraction of sp³-hybridized carbons (Fsp3) is 0.933. The van der Waals surface area contributed by atoms with Crippen molar-refractivity contribution in [3.8, 4) is 0 Å². The molecule has 4 rings (SSSR count). The first-order valence-electron chi connectivity index (χ1n) is 8.41. The first-order valence-corrected chi connectivity index (χ1v) is 8.41. The monoisotopic (exact) mass is 294 g/mol. The molecule has 1 saturated carbocycles. The van der Waals surface area contributed by atoms with Crippen LogP contribution < -0.4 is 21.3 Å². The summed E-state index contributed by atoms with van der Waals surface area (Å²) < 4.78 is 0. The number of carboxylic acid groups (broad SMARTS) is 1. The van der Waals surface area contributed by atoms with E-state index in [1.165, 1.54) is 19.3 Å². The van der Waals surface area contributed by atoms with Crippen molar-refractivity contribution in [1.82, 2.24) is 21.3 Å². The number of carboxylic acids is 1. The first-order chi connectivity index (χ1) is 10.2. The van der Waals surface area contributed by atoms with Crippen molar-refractivity contribution in [3.05, 3.63) is 0 Å². The van der Waals surface area contributed by atoms with E-state index in [0.717, 1.165) is 26.1 Å². The van der Waals surface area contributed by atoms with Crippen LogP contribution in [0.1, 0.15) is 32.1 Å². The van der Waals surface area contributed by atoms with Gasteiger partial charge in [0.15, 0.2) is 0 Å². The molecule has 0 amide bonds. The number of piperidine rings is 2. The van der Waals surface area contributed by atoms with Gasteiger partial charge in [-0.25, -0.2) is 0 Å². The summed E-state index contributed by atoms with van der Waals surface area (Å²) in [6, 6.07) is 0.402. The Labute approximate surface area is 125 Å². The fourth-order valence-electron chi connectivity index (χ4n) is 5.07. The molecule has 5 N–H and O–H groups in total. The van der Waals surface area contributed by atoms with Crippen molar-refractivity contribution in [2.75, 3.05) is 13.2 Å². The van der Waals surface area contributed by atoms with E-state index in [1.807, 2.05) is 0 Å². The Morgan fingerprint density at radius 1 is 0.952 bits per heavy atom. The molecule has 0 radical (unpaired) electrons. The predicted molar refractivity (Wildman–Crippen MR) is 78.6 cm³/mol. The van der Waals surface area contributed by atoms with Gasteiger partial charge in [0, 0.05) is 31.2 Å². The van der Waals surface area contributed by atoms with Gasteiger partial charge in [0.2, 0.25) is 0 Å². The topological polar surface area (TPSA) is 85.4 Å². The molecule has 1 aliphatic carbocycles. The zero-order chi connectivity index (χ0) is 14.4. The average Bonchev–Trinajstić information content (AvgIpc) is 2.52. The van der Waals surface area contributed by atoms with Gasteiger partial charge in [-0.05, 0) is 43.9 Å². The first kappa shape index (κ1) is 13.9. The van der Waals surface area contributed by atoms with E-state index in [0.29, 0.717) is 36.0 Å². The molecule has 6 heteroatoms. The van der Waals surface area contributed by atoms with Crippen LogP contribution >= 0.6 is 0 Å². The van der Waals surface area contributed by atoms with Crippen LogP contribution in [0.15, 0.2) is 0 Å². The van der Waals surface area contributed by atoms with Gasteiger partial charge < -0.3 is 10.4 Å². The Hall–Kier alpha value is -0.690. The van der Waals surface area contributed by atoms with Crippen LogP contribution in [0, 0.1) is 17.8 Å². The minimum Gasteiger partial charge on any atom is -0.480 e. The number of rotatable bonds is 1. The van der Waals surface area contributed by atoms with Crippen molar-refractivity contribution < 1.29 is 9.90 Å². The van der Waals surface area contributed by atoms with Crippen molar-refractivity contribution in [2.45, 2.75) is 56.4 Å². The van der Waals surface area contributed by atoms with Gasteiger partial charge >= 0.3 is 5.97 Å². The van der Waals surface area contributed by atoms with Crippen LogP contribution in [0.5, 0.6) is 0 Å². The lowest BCUT2D eigenvalue weighted by Gasteiger charge is -2.54. The summed E-state index contributed by atoms with van der Waals surface area (Å²) in [4.78, 5) is 11.3. The highest BCUT2D eigenvalue weighted by atomic mass is 16.4. The number of fused-ring (bicyclic) bond motifs is 4. The maximum atomic E-state index is 11.3. The molecule has 0 aromatic carbocycles. The predicted octanol–water partition coefficient (Wildman–Crippen LogP) is -0.328. The summed E-state index contributed by atoms with van der Waals surface area (Å²) in [6.45, 7) is 1.96. The summed E-state index contributed by atoms with van der Waals surface area (Å²) in [5, 5.41) is 23.5. The van der Waals surface area contributed by atoms with Gasteiger partial charge in [0.05, 0.1) is 6.17 Å². The van der Waals surface area contributed by atoms with E-state index in [2.05, 4.69) is 21.3 Å². The highest BCUT2D eigenvalue weighted by Crippen LogP contribution is 2.41. The number of aliphatic carboxylic acids is 1. The smallest absolute Gasteiger partial charge is 0.320 e. The number of hydrogen-bond donors (Lipinski definition) is 5. The molecule has 0 aromatic rings. The van der Waals surface area contributed by atoms with Gasteiger partial charge in [-0.15, -0.1) is 0 Å². The highest BCUT2D eigenvalue weighted by molar-refractivity contribution is 5.73. The van der Waals surface area contributed by atoms with Crippen LogP contribution in [0.2, 0.25) is 0 Å². The van der Waals surface area contributed by atoms with Gasteiger partial charge in [0.1, 0.15) is 6.04 Å². The van der Waals surface area contributed by atoms with E-state index >= 15 is 0 Å². The van der Waals surface area contributed by atoms with Crippen molar-refractivity contribution in [1.29, 1.82) is 0 Å². The molecular weight excluding hydrogens is 268 g/mol. The Kier molecular flexibility index (Phi) is 3.65. The van der Waals surface area contributed by atoms with E-state index in [-0.39, 0.29) is 6.04 Å². The average molecular weight is 294 g/mol. The molecule has 21 heavy (non-hydrogen) atoms. The summed E-state index contributed by atoms with van der Waals surface area (Å²) >= 11 is 0. The number of nitrogens with one attached hydrogen (secondary N) is 4. The van der Waals surface area contributed by atoms with Crippen LogP contribution in [0.4, 0.5) is 0 Å². The zero-order valence-electron chi connectivity index (χ0n) is 12.3. The van der Waals surface area contributed by atoms with E-state index in [9.17, 15) is 9.90 Å². The molecule has 3 aliphatic heterocycles. The van der Waals surface area contributed by atoms with Gasteiger partial charge in [-0.1, -0.05) is 0 Å². The third-order valence-electron chi connectivity index (χ3n) is 6.13. The Bertz CT molecular complexity index is 418. The molecule has 4 aliphatic rings. The molecule has 3 heterocycles. The van der Waals surface area contributed by atoms with Gasteiger partial charge in [-0.2, -0.15) is 0 Å². The molecule has 3 saturated heterocycles. The van der Waals surface area contributed by atoms with E-state index in [1.54, 1.807) is 0 Å². The molecule has 6 nitrogen and oxygen atoms in total. The lowest BCUT2D eigenvalue weighted by atomic mass is 9.66. The van der Waals surface area contributed by atoms with Crippen LogP contribution in [-0.4, -0.2) is 48.6 Å². The molecule has 7 atom stereocenters. The lowest BCUT2D eigenvalue weighted by molar-refractivity contribution is -0.141. The zero-order valence-corrected chi connectivity index (χ0v) is 12.3. The van der Waals surface area contributed by atoms with Crippen LogP contribution in [0.25, 0.3) is 0 Å². The summed E-state index contributed by atoms with van der Waals surface area (Å²) in [5.41, 5.74) is 0. The van der Waals surface area contributed by atoms with Gasteiger partial charge in [-0.3, -0.25) is 20.7 Å². The van der Waals surface area contributed by atoms with Crippen LogP contribution in [-0.2, 0) is 4.79 Å². The summed E-state index contributed by atoms with van der Waals surface area (Å²) in [7, 11) is 0. The largest absolute Gasteiger partial charge is 0.480 e. The fourth-order valence-corrected chi connectivity index (χ4v) is 5.07. The molecule has 7 unspecified atom stereocenters. The van der Waals surface area contributed by atoms with E-state index in [4.69, 9.17) is 0 Å². The molecule has 4 fully saturated rings. The van der Waals surface area contributed by atoms with Gasteiger partial charge in [0.25, 0.3) is 0 Å². The highest BCUT2D eigenvalue weighted by Gasteiger charge is 2.48. The maximum absolute atomic E-state index is 11.3. The summed E-state index contributed by atoms with van der Waals surface area (Å²) in [6.07, 6.45) is 6.03. The SMILES string of the molecule is O=C(O)C1CCC2CCC3CC4CNCNC4NC3C2N1. The minimum absolute atomic E-state index is 0.330. The summed E-state index contributed by atoms with van der Waals surface area (Å²) in [5.74, 6) is 1.31. The molecule has 0 aromatic heterocycles. The molecule has 118 valence electrons. The standard InChI is InChI=1S/C15H26N4O2/c20-15(21)11-4-3-8-1-2-9-5-10-6-16-7-17-14(10)19-13(9)12(8)18-11/h8-14,16-19H,1-7H2,(H,20,21). The molecule has 0 spiro atoms. The second kappa shape index (κ2) is 5.50. The lowest BCUT2D eigenvalue weighted by Crippen LogP contribution is -2.72. The minimum atomic E-state index is -0.691. The quantitative estimate of drug-likeness (QED) is 0.455. The third-order valence-corrected chi connectivity index (χ3v) is 6.13.